The van der Waals surface area contributed by atoms with Crippen molar-refractivity contribution in [2.45, 2.75) is 64.5 Å². The number of primary amides is 1. The number of halogens is 4. The number of hydrogen-bond donors (Lipinski definition) is 2. The van der Waals surface area contributed by atoms with Gasteiger partial charge in [0.2, 0.25) is 5.91 Å². The van der Waals surface area contributed by atoms with E-state index in [0.717, 1.165) is 12.1 Å². The van der Waals surface area contributed by atoms with Gasteiger partial charge in [-0.1, -0.05) is 12.1 Å². The molecule has 2 aliphatic heterocycles. The molecule has 4 atom stereocenters. The lowest BCUT2D eigenvalue weighted by atomic mass is 9.88. The number of nitrogens with zero attached hydrogens (tertiary/aromatic N) is 2. The number of amides is 1. The first-order chi connectivity index (χ1) is 18.4. The van der Waals surface area contributed by atoms with Crippen molar-refractivity contribution < 1.29 is 32.3 Å². The number of carboxylic acids is 1. The number of likely N-dealkylation sites (tertiary alicyclic amines) is 2. The van der Waals surface area contributed by atoms with Gasteiger partial charge >= 0.3 is 5.97 Å². The summed E-state index contributed by atoms with van der Waals surface area (Å²) in [4.78, 5) is 27.2. The van der Waals surface area contributed by atoms with E-state index in [2.05, 4.69) is 4.90 Å². The summed E-state index contributed by atoms with van der Waals surface area (Å²) in [7, 11) is 0. The lowest BCUT2D eigenvalue weighted by Crippen LogP contribution is -2.40. The van der Waals surface area contributed by atoms with Gasteiger partial charge in [0.15, 0.2) is 0 Å². The summed E-state index contributed by atoms with van der Waals surface area (Å²) < 4.78 is 53.9. The van der Waals surface area contributed by atoms with E-state index in [1.54, 1.807) is 0 Å². The van der Waals surface area contributed by atoms with Crippen molar-refractivity contribution in [1.29, 1.82) is 0 Å². The molecule has 220 valence electrons. The van der Waals surface area contributed by atoms with Gasteiger partial charge < -0.3 is 10.8 Å². The van der Waals surface area contributed by atoms with Crippen molar-refractivity contribution in [3.63, 3.8) is 0 Å². The molecular formula is C30H39F4N3O3. The fourth-order valence-electron chi connectivity index (χ4n) is 5.48. The third-order valence-corrected chi connectivity index (χ3v) is 7.94. The topological polar surface area (TPSA) is 86.9 Å². The molecule has 2 saturated heterocycles. The average molecular weight is 566 g/mol. The van der Waals surface area contributed by atoms with Crippen LogP contribution in [0.3, 0.4) is 0 Å². The van der Waals surface area contributed by atoms with Crippen LogP contribution in [0.5, 0.6) is 0 Å². The number of nitrogens with two attached hydrogens (primary N) is 1. The SMILES string of the molecule is CC(C)(C)N1C[C@@H](C(=O)O)[C@H](c2ccc(F)cc2F)C1.CC(C)(C)N1C[C@@H](C(N)=O)[C@H](c2ccc(F)cc2F)C1. The van der Waals surface area contributed by atoms with Crippen LogP contribution in [0.2, 0.25) is 0 Å². The molecule has 0 radical (unpaired) electrons. The van der Waals surface area contributed by atoms with E-state index in [-0.39, 0.29) is 22.6 Å². The second-order valence-electron chi connectivity index (χ2n) is 12.6. The standard InChI is InChI=1S/C15H20F2N2O.C15H19F2NO2/c1-15(2,3)19-7-11(12(8-19)14(18)20)10-5-4-9(16)6-13(10)17;1-15(2,3)18-7-11(12(8-18)14(19)20)10-5-4-9(16)6-13(10)17/h4-6,11-12H,7-8H2,1-3H3,(H2,18,20);4-6,11-12H,7-8H2,1-3H3,(H,19,20)/t2*11-,12+/m00/s1. The molecule has 6 nitrogen and oxygen atoms in total. The van der Waals surface area contributed by atoms with E-state index < -0.39 is 52.9 Å². The molecule has 0 aromatic heterocycles. The molecule has 2 fully saturated rings. The molecule has 0 spiro atoms. The average Bonchev–Trinajstić information content (AvgIpc) is 3.45. The number of benzene rings is 2. The predicted octanol–water partition coefficient (Wildman–Crippen LogP) is 5.13. The molecule has 4 rings (SSSR count). The molecule has 10 heteroatoms. The Morgan fingerprint density at radius 1 is 0.725 bits per heavy atom. The number of carbonyl (C=O) groups excluding carboxylic acids is 1. The Morgan fingerprint density at radius 2 is 1.10 bits per heavy atom. The van der Waals surface area contributed by atoms with E-state index in [0.29, 0.717) is 31.7 Å². The summed E-state index contributed by atoms with van der Waals surface area (Å²) in [6, 6.07) is 6.84. The fraction of sp³-hybridized carbons (Fsp3) is 0.533. The van der Waals surface area contributed by atoms with Gasteiger partial charge in [-0.2, -0.15) is 0 Å². The summed E-state index contributed by atoms with van der Waals surface area (Å²) in [5.41, 5.74) is 5.79. The van der Waals surface area contributed by atoms with Crippen LogP contribution in [0, 0.1) is 35.1 Å². The van der Waals surface area contributed by atoms with Crippen LogP contribution in [0.4, 0.5) is 17.6 Å². The van der Waals surface area contributed by atoms with Crippen LogP contribution >= 0.6 is 0 Å². The van der Waals surface area contributed by atoms with Gasteiger partial charge in [-0.15, -0.1) is 0 Å². The van der Waals surface area contributed by atoms with Crippen LogP contribution in [0.1, 0.15) is 64.5 Å². The Kier molecular flexibility index (Phi) is 9.36. The lowest BCUT2D eigenvalue weighted by Gasteiger charge is -2.31. The zero-order chi connectivity index (χ0) is 30.2. The molecule has 2 heterocycles. The van der Waals surface area contributed by atoms with Gasteiger partial charge in [0.25, 0.3) is 0 Å². The van der Waals surface area contributed by atoms with Crippen LogP contribution in [0.15, 0.2) is 36.4 Å². The van der Waals surface area contributed by atoms with Crippen LogP contribution < -0.4 is 5.73 Å². The van der Waals surface area contributed by atoms with Gasteiger partial charge in [0.1, 0.15) is 23.3 Å². The van der Waals surface area contributed by atoms with Gasteiger partial charge in [0.05, 0.1) is 11.8 Å². The Hall–Kier alpha value is -2.98. The first-order valence-electron chi connectivity index (χ1n) is 13.3. The summed E-state index contributed by atoms with van der Waals surface area (Å²) in [6.07, 6.45) is 0. The minimum atomic E-state index is -0.939. The van der Waals surface area contributed by atoms with Crippen molar-refractivity contribution >= 4 is 11.9 Å². The molecule has 2 aliphatic rings. The van der Waals surface area contributed by atoms with Crippen molar-refractivity contribution in [2.24, 2.45) is 17.6 Å². The number of carboxylic acid groups (broad SMARTS) is 1. The highest BCUT2D eigenvalue weighted by Crippen LogP contribution is 2.38. The molecule has 0 bridgehead atoms. The van der Waals surface area contributed by atoms with Crippen molar-refractivity contribution in [2.75, 3.05) is 26.2 Å². The molecule has 0 aliphatic carbocycles. The first-order valence-corrected chi connectivity index (χ1v) is 13.3. The van der Waals surface area contributed by atoms with Gasteiger partial charge in [-0.3, -0.25) is 19.4 Å². The van der Waals surface area contributed by atoms with Crippen LogP contribution in [-0.4, -0.2) is 64.0 Å². The second kappa shape index (κ2) is 11.9. The summed E-state index contributed by atoms with van der Waals surface area (Å²) in [5, 5.41) is 9.35. The molecule has 0 saturated carbocycles. The molecule has 40 heavy (non-hydrogen) atoms. The Labute approximate surface area is 233 Å². The van der Waals surface area contributed by atoms with Crippen LogP contribution in [0.25, 0.3) is 0 Å². The predicted molar refractivity (Wildman–Crippen MR) is 145 cm³/mol. The monoisotopic (exact) mass is 565 g/mol. The third kappa shape index (κ3) is 7.20. The van der Waals surface area contributed by atoms with E-state index >= 15 is 0 Å². The maximum absolute atomic E-state index is 14.0. The molecule has 0 unspecified atom stereocenters. The number of aliphatic carboxylic acids is 1. The van der Waals surface area contributed by atoms with Crippen molar-refractivity contribution in [1.82, 2.24) is 9.80 Å². The summed E-state index contributed by atoms with van der Waals surface area (Å²) >= 11 is 0. The zero-order valence-electron chi connectivity index (χ0n) is 23.8. The van der Waals surface area contributed by atoms with Gasteiger partial charge in [-0.05, 0) is 64.8 Å². The van der Waals surface area contributed by atoms with Crippen molar-refractivity contribution in [3.05, 3.63) is 70.8 Å². The molecule has 2 aromatic carbocycles. The Balaban J connectivity index is 0.000000220. The van der Waals surface area contributed by atoms with Gasteiger partial charge in [0, 0.05) is 61.2 Å². The highest BCUT2D eigenvalue weighted by Gasteiger charge is 2.43. The van der Waals surface area contributed by atoms with E-state index in [9.17, 15) is 32.3 Å². The number of rotatable bonds is 4. The number of hydrogen-bond acceptors (Lipinski definition) is 4. The second-order valence-corrected chi connectivity index (χ2v) is 12.6. The van der Waals surface area contributed by atoms with E-state index in [4.69, 9.17) is 5.73 Å². The zero-order valence-corrected chi connectivity index (χ0v) is 23.8. The first kappa shape index (κ1) is 31.5. The number of carbonyl (C=O) groups is 2. The highest BCUT2D eigenvalue weighted by molar-refractivity contribution is 5.78. The molecule has 1 amide bonds. The summed E-state index contributed by atoms with van der Waals surface area (Å²) in [6.45, 7) is 14.0. The minimum absolute atomic E-state index is 0.126. The van der Waals surface area contributed by atoms with Crippen LogP contribution in [-0.2, 0) is 9.59 Å². The fourth-order valence-corrected chi connectivity index (χ4v) is 5.48. The largest absolute Gasteiger partial charge is 0.481 e. The smallest absolute Gasteiger partial charge is 0.308 e. The minimum Gasteiger partial charge on any atom is -0.481 e. The molecule has 2 aromatic rings. The lowest BCUT2D eigenvalue weighted by molar-refractivity contribution is -0.141. The van der Waals surface area contributed by atoms with Gasteiger partial charge in [-0.25, -0.2) is 17.6 Å². The van der Waals surface area contributed by atoms with Crippen molar-refractivity contribution in [3.8, 4) is 0 Å². The molecular weight excluding hydrogens is 526 g/mol. The highest BCUT2D eigenvalue weighted by atomic mass is 19.1. The normalized spacial score (nSPS) is 24.1. The Morgan fingerprint density at radius 3 is 1.43 bits per heavy atom. The maximum Gasteiger partial charge on any atom is 0.308 e. The van der Waals surface area contributed by atoms with E-state index in [1.165, 1.54) is 24.3 Å². The molecule has 3 N–H and O–H groups in total. The van der Waals surface area contributed by atoms with E-state index in [1.807, 2.05) is 46.4 Å². The maximum atomic E-state index is 14.0. The Bertz CT molecular complexity index is 1150. The summed E-state index contributed by atoms with van der Waals surface area (Å²) in [5.74, 6) is -5.83. The quantitative estimate of drug-likeness (QED) is 0.503. The third-order valence-electron chi connectivity index (χ3n) is 7.94.